The van der Waals surface area contributed by atoms with Gasteiger partial charge in [0.05, 0.1) is 12.6 Å². The van der Waals surface area contributed by atoms with Crippen molar-refractivity contribution in [3.63, 3.8) is 0 Å². The third kappa shape index (κ3) is 3.69. The van der Waals surface area contributed by atoms with Crippen LogP contribution in [0.1, 0.15) is 30.5 Å². The lowest BCUT2D eigenvalue weighted by atomic mass is 9.98. The molecule has 2 rings (SSSR count). The minimum atomic E-state index is -0.334. The zero-order valence-corrected chi connectivity index (χ0v) is 13.3. The molecule has 0 aliphatic carbocycles. The fraction of sp³-hybridized carbons (Fsp3) is 0.250. The summed E-state index contributed by atoms with van der Waals surface area (Å²) in [4.78, 5) is 0. The summed E-state index contributed by atoms with van der Waals surface area (Å²) in [5.74, 6) is 6.53. The molecule has 0 amide bonds. The summed E-state index contributed by atoms with van der Waals surface area (Å²) in [7, 11) is 0. The number of para-hydroxylation sites is 1. The van der Waals surface area contributed by atoms with Crippen LogP contribution in [-0.2, 0) is 0 Å². The van der Waals surface area contributed by atoms with Crippen LogP contribution in [0.4, 0.5) is 0 Å². The van der Waals surface area contributed by atoms with Gasteiger partial charge in [0.25, 0.3) is 0 Å². The molecule has 0 bridgehead atoms. The molecule has 1 atom stereocenters. The summed E-state index contributed by atoms with van der Waals surface area (Å²) in [5, 5.41) is 1.13. The van der Waals surface area contributed by atoms with Crippen molar-refractivity contribution in [2.75, 3.05) is 6.61 Å². The summed E-state index contributed by atoms with van der Waals surface area (Å²) in [6.07, 6.45) is 0.932. The molecule has 2 aromatic carbocycles. The van der Waals surface area contributed by atoms with Crippen molar-refractivity contribution >= 4 is 23.2 Å². The van der Waals surface area contributed by atoms with Crippen molar-refractivity contribution in [2.24, 2.45) is 5.84 Å². The molecule has 0 aromatic heterocycles. The average molecular weight is 325 g/mol. The van der Waals surface area contributed by atoms with Gasteiger partial charge in [-0.05, 0) is 24.6 Å². The molecule has 1 unspecified atom stereocenters. The van der Waals surface area contributed by atoms with Crippen LogP contribution in [0.2, 0.25) is 10.0 Å². The number of hydrazine groups is 1. The molecule has 0 fully saturated rings. The van der Waals surface area contributed by atoms with Gasteiger partial charge >= 0.3 is 0 Å². The molecule has 0 saturated carbocycles. The van der Waals surface area contributed by atoms with Crippen molar-refractivity contribution in [3.05, 3.63) is 63.6 Å². The van der Waals surface area contributed by atoms with E-state index < -0.39 is 0 Å². The third-order valence-electron chi connectivity index (χ3n) is 3.15. The van der Waals surface area contributed by atoms with Gasteiger partial charge in [-0.1, -0.05) is 54.4 Å². The molecule has 3 nitrogen and oxygen atoms in total. The molecule has 112 valence electrons. The van der Waals surface area contributed by atoms with Gasteiger partial charge in [0.2, 0.25) is 0 Å². The molecule has 0 spiro atoms. The molecule has 5 heteroatoms. The van der Waals surface area contributed by atoms with E-state index in [-0.39, 0.29) is 6.04 Å². The second-order valence-electron chi connectivity index (χ2n) is 4.62. The summed E-state index contributed by atoms with van der Waals surface area (Å²) >= 11 is 12.6. The van der Waals surface area contributed by atoms with Crippen LogP contribution in [0.25, 0.3) is 0 Å². The number of ether oxygens (including phenoxy) is 1. The van der Waals surface area contributed by atoms with Crippen LogP contribution >= 0.6 is 23.2 Å². The lowest BCUT2D eigenvalue weighted by molar-refractivity contribution is 0.311. The van der Waals surface area contributed by atoms with E-state index in [0.29, 0.717) is 16.7 Å². The molecular formula is C16H18Cl2N2O. The van der Waals surface area contributed by atoms with E-state index in [2.05, 4.69) is 12.3 Å². The summed E-state index contributed by atoms with van der Waals surface area (Å²) in [5.41, 5.74) is 4.44. The van der Waals surface area contributed by atoms with Crippen LogP contribution in [0.15, 0.2) is 42.5 Å². The van der Waals surface area contributed by atoms with E-state index in [9.17, 15) is 0 Å². The molecule has 0 radical (unpaired) electrons. The number of hydrogen-bond donors (Lipinski definition) is 2. The normalized spacial score (nSPS) is 12.2. The van der Waals surface area contributed by atoms with E-state index in [1.807, 2.05) is 24.3 Å². The van der Waals surface area contributed by atoms with Gasteiger partial charge in [-0.2, -0.15) is 0 Å². The highest BCUT2D eigenvalue weighted by Crippen LogP contribution is 2.37. The van der Waals surface area contributed by atoms with Gasteiger partial charge < -0.3 is 4.74 Å². The largest absolute Gasteiger partial charge is 0.493 e. The summed E-state index contributed by atoms with van der Waals surface area (Å²) in [6, 6.07) is 12.8. The second-order valence-corrected chi connectivity index (χ2v) is 5.44. The maximum Gasteiger partial charge on any atom is 0.124 e. The van der Waals surface area contributed by atoms with E-state index in [4.69, 9.17) is 33.8 Å². The maximum absolute atomic E-state index is 6.29. The molecule has 0 aliphatic rings. The maximum atomic E-state index is 6.29. The van der Waals surface area contributed by atoms with Gasteiger partial charge in [0.15, 0.2) is 0 Å². The minimum absolute atomic E-state index is 0.334. The average Bonchev–Trinajstić information content (AvgIpc) is 2.49. The molecule has 2 aromatic rings. The monoisotopic (exact) mass is 324 g/mol. The van der Waals surface area contributed by atoms with Gasteiger partial charge in [0.1, 0.15) is 5.75 Å². The molecule has 0 saturated heterocycles. The minimum Gasteiger partial charge on any atom is -0.493 e. The Labute approximate surface area is 135 Å². The van der Waals surface area contributed by atoms with E-state index >= 15 is 0 Å². The van der Waals surface area contributed by atoms with E-state index in [1.165, 1.54) is 0 Å². The number of nitrogens with one attached hydrogen (secondary N) is 1. The van der Waals surface area contributed by atoms with Crippen molar-refractivity contribution in [1.82, 2.24) is 5.43 Å². The van der Waals surface area contributed by atoms with Crippen LogP contribution < -0.4 is 16.0 Å². The first-order chi connectivity index (χ1) is 10.2. The highest BCUT2D eigenvalue weighted by atomic mass is 35.5. The first-order valence-electron chi connectivity index (χ1n) is 6.80. The highest BCUT2D eigenvalue weighted by Gasteiger charge is 2.21. The Bertz CT molecular complexity index is 584. The second kappa shape index (κ2) is 7.66. The van der Waals surface area contributed by atoms with Crippen LogP contribution in [-0.4, -0.2) is 6.61 Å². The highest BCUT2D eigenvalue weighted by molar-refractivity contribution is 6.36. The van der Waals surface area contributed by atoms with Crippen molar-refractivity contribution in [3.8, 4) is 5.75 Å². The van der Waals surface area contributed by atoms with Crippen molar-refractivity contribution in [2.45, 2.75) is 19.4 Å². The predicted octanol–water partition coefficient (Wildman–Crippen LogP) is 4.33. The predicted molar refractivity (Wildman–Crippen MR) is 87.9 cm³/mol. The third-order valence-corrected chi connectivity index (χ3v) is 3.81. The topological polar surface area (TPSA) is 47.3 Å². The zero-order valence-electron chi connectivity index (χ0n) is 11.8. The van der Waals surface area contributed by atoms with Gasteiger partial charge in [0, 0.05) is 21.2 Å². The van der Waals surface area contributed by atoms with Crippen LogP contribution in [0.5, 0.6) is 5.75 Å². The Morgan fingerprint density at radius 1 is 1.10 bits per heavy atom. The SMILES string of the molecule is CCCOc1ccccc1C(NN)c1c(Cl)cccc1Cl. The quantitative estimate of drug-likeness (QED) is 0.614. The van der Waals surface area contributed by atoms with E-state index in [1.54, 1.807) is 18.2 Å². The Morgan fingerprint density at radius 2 is 1.76 bits per heavy atom. The van der Waals surface area contributed by atoms with Crippen molar-refractivity contribution < 1.29 is 4.74 Å². The Morgan fingerprint density at radius 3 is 2.38 bits per heavy atom. The fourth-order valence-electron chi connectivity index (χ4n) is 2.18. The van der Waals surface area contributed by atoms with Crippen LogP contribution in [0.3, 0.4) is 0 Å². The first kappa shape index (κ1) is 16.1. The first-order valence-corrected chi connectivity index (χ1v) is 7.56. The van der Waals surface area contributed by atoms with Gasteiger partial charge in [-0.15, -0.1) is 0 Å². The smallest absolute Gasteiger partial charge is 0.124 e. The lowest BCUT2D eigenvalue weighted by Gasteiger charge is -2.22. The number of nitrogens with two attached hydrogens (primary N) is 1. The summed E-state index contributed by atoms with van der Waals surface area (Å²) < 4.78 is 5.79. The molecule has 21 heavy (non-hydrogen) atoms. The molecule has 0 heterocycles. The number of rotatable bonds is 6. The zero-order chi connectivity index (χ0) is 15.2. The Balaban J connectivity index is 2.47. The number of hydrogen-bond acceptors (Lipinski definition) is 3. The van der Waals surface area contributed by atoms with E-state index in [0.717, 1.165) is 23.3 Å². The number of halogens is 2. The number of benzene rings is 2. The molecular weight excluding hydrogens is 307 g/mol. The van der Waals surface area contributed by atoms with Crippen LogP contribution in [0, 0.1) is 0 Å². The lowest BCUT2D eigenvalue weighted by Crippen LogP contribution is -2.29. The van der Waals surface area contributed by atoms with Gasteiger partial charge in [-0.25, -0.2) is 5.43 Å². The standard InChI is InChI=1S/C16H18Cl2N2O/c1-2-10-21-14-9-4-3-6-11(14)16(20-19)15-12(17)7-5-8-13(15)18/h3-9,16,20H,2,10,19H2,1H3. The summed E-state index contributed by atoms with van der Waals surface area (Å²) in [6.45, 7) is 2.71. The molecule has 3 N–H and O–H groups in total. The van der Waals surface area contributed by atoms with Gasteiger partial charge in [-0.3, -0.25) is 5.84 Å². The fourth-order valence-corrected chi connectivity index (χ4v) is 2.79. The Hall–Kier alpha value is -1.26. The molecule has 0 aliphatic heterocycles. The Kier molecular flexibility index (Phi) is 5.88. The van der Waals surface area contributed by atoms with Crippen molar-refractivity contribution in [1.29, 1.82) is 0 Å².